The van der Waals surface area contributed by atoms with Gasteiger partial charge in [-0.1, -0.05) is 29.8 Å². The van der Waals surface area contributed by atoms with Crippen molar-refractivity contribution in [2.75, 3.05) is 11.9 Å². The fraction of sp³-hybridized carbons (Fsp3) is 0.300. The summed E-state index contributed by atoms with van der Waals surface area (Å²) in [7, 11) is 0. The molecule has 2 aromatic carbocycles. The van der Waals surface area contributed by atoms with E-state index in [0.29, 0.717) is 17.3 Å². The molecule has 0 atom stereocenters. The minimum Gasteiger partial charge on any atom is -0.482 e. The molecule has 2 N–H and O–H groups in total. The van der Waals surface area contributed by atoms with E-state index >= 15 is 0 Å². The number of benzene rings is 2. The van der Waals surface area contributed by atoms with Gasteiger partial charge in [0.15, 0.2) is 6.61 Å². The number of hydrogen-bond acceptors (Lipinski definition) is 3. The predicted octanol–water partition coefficient (Wildman–Crippen LogP) is 3.69. The highest BCUT2D eigenvalue weighted by atomic mass is 35.5. The van der Waals surface area contributed by atoms with E-state index in [1.54, 1.807) is 12.1 Å². The molecule has 1 aliphatic carbocycles. The molecule has 136 valence electrons. The third kappa shape index (κ3) is 5.23. The standard InChI is InChI=1S/C20H21ClN2O3/c1-13-5-8-18(17(21)9-13)26-12-19(24)22-11-14-3-2-4-16(10-14)23-20(25)15-6-7-15/h2-5,8-10,15H,6-7,11-12H2,1H3,(H,22,24)(H,23,25). The summed E-state index contributed by atoms with van der Waals surface area (Å²) in [5.74, 6) is 0.463. The van der Waals surface area contributed by atoms with Crippen LogP contribution in [0.3, 0.4) is 0 Å². The average Bonchev–Trinajstić information content (AvgIpc) is 3.45. The maximum Gasteiger partial charge on any atom is 0.258 e. The molecule has 3 rings (SSSR count). The lowest BCUT2D eigenvalue weighted by atomic mass is 10.2. The number of nitrogens with one attached hydrogen (secondary N) is 2. The Bertz CT molecular complexity index is 818. The van der Waals surface area contributed by atoms with Gasteiger partial charge in [-0.2, -0.15) is 0 Å². The van der Waals surface area contributed by atoms with Gasteiger partial charge in [-0.25, -0.2) is 0 Å². The maximum absolute atomic E-state index is 12.0. The molecule has 2 amide bonds. The van der Waals surface area contributed by atoms with Crippen LogP contribution in [0, 0.1) is 12.8 Å². The monoisotopic (exact) mass is 372 g/mol. The van der Waals surface area contributed by atoms with Crippen molar-refractivity contribution in [3.63, 3.8) is 0 Å². The maximum atomic E-state index is 12.0. The third-order valence-electron chi connectivity index (χ3n) is 4.08. The number of carbonyl (C=O) groups is 2. The third-order valence-corrected chi connectivity index (χ3v) is 4.37. The van der Waals surface area contributed by atoms with Crippen LogP contribution >= 0.6 is 11.6 Å². The summed E-state index contributed by atoms with van der Waals surface area (Å²) in [6.07, 6.45) is 1.93. The Hall–Kier alpha value is -2.53. The molecular weight excluding hydrogens is 352 g/mol. The number of carbonyl (C=O) groups excluding carboxylic acids is 2. The second-order valence-electron chi connectivity index (χ2n) is 6.46. The van der Waals surface area contributed by atoms with Crippen molar-refractivity contribution in [3.8, 4) is 5.75 Å². The first-order chi connectivity index (χ1) is 12.5. The highest BCUT2D eigenvalue weighted by molar-refractivity contribution is 6.32. The number of anilines is 1. The summed E-state index contributed by atoms with van der Waals surface area (Å²) >= 11 is 6.08. The Morgan fingerprint density at radius 3 is 2.73 bits per heavy atom. The van der Waals surface area contributed by atoms with Crippen molar-refractivity contribution >= 4 is 29.1 Å². The Kier molecular flexibility index (Phi) is 5.78. The van der Waals surface area contributed by atoms with E-state index in [-0.39, 0.29) is 24.3 Å². The zero-order valence-corrected chi connectivity index (χ0v) is 15.3. The molecule has 1 aliphatic rings. The molecule has 0 unspecified atom stereocenters. The predicted molar refractivity (Wildman–Crippen MR) is 101 cm³/mol. The van der Waals surface area contributed by atoms with E-state index in [9.17, 15) is 9.59 Å². The van der Waals surface area contributed by atoms with Crippen molar-refractivity contribution < 1.29 is 14.3 Å². The lowest BCUT2D eigenvalue weighted by molar-refractivity contribution is -0.123. The fourth-order valence-electron chi connectivity index (χ4n) is 2.47. The van der Waals surface area contributed by atoms with Crippen molar-refractivity contribution in [1.29, 1.82) is 0 Å². The smallest absolute Gasteiger partial charge is 0.258 e. The average molecular weight is 373 g/mol. The number of amides is 2. The lowest BCUT2D eigenvalue weighted by Gasteiger charge is -2.10. The Labute approximate surface area is 157 Å². The molecule has 1 saturated carbocycles. The molecule has 0 radical (unpaired) electrons. The minimum absolute atomic E-state index is 0.0644. The Balaban J connectivity index is 1.47. The minimum atomic E-state index is -0.242. The van der Waals surface area contributed by atoms with Gasteiger partial charge in [0, 0.05) is 18.2 Å². The highest BCUT2D eigenvalue weighted by Gasteiger charge is 2.29. The normalized spacial score (nSPS) is 13.2. The van der Waals surface area contributed by atoms with Crippen LogP contribution in [0.2, 0.25) is 5.02 Å². The van der Waals surface area contributed by atoms with Crippen molar-refractivity contribution in [2.45, 2.75) is 26.3 Å². The molecule has 0 saturated heterocycles. The SMILES string of the molecule is Cc1ccc(OCC(=O)NCc2cccc(NC(=O)C3CC3)c2)c(Cl)c1. The van der Waals surface area contributed by atoms with E-state index in [1.165, 1.54) is 0 Å². The Morgan fingerprint density at radius 1 is 1.19 bits per heavy atom. The summed E-state index contributed by atoms with van der Waals surface area (Å²) in [5, 5.41) is 6.18. The molecule has 26 heavy (non-hydrogen) atoms. The molecule has 6 heteroatoms. The molecule has 0 bridgehead atoms. The van der Waals surface area contributed by atoms with Crippen molar-refractivity contribution in [3.05, 3.63) is 58.6 Å². The van der Waals surface area contributed by atoms with Crippen LogP contribution in [0.4, 0.5) is 5.69 Å². The van der Waals surface area contributed by atoms with Crippen LogP contribution in [0.1, 0.15) is 24.0 Å². The number of halogens is 1. The first kappa shape index (κ1) is 18.3. The number of hydrogen-bond donors (Lipinski definition) is 2. The zero-order valence-electron chi connectivity index (χ0n) is 14.5. The van der Waals surface area contributed by atoms with Crippen molar-refractivity contribution in [2.24, 2.45) is 5.92 Å². The summed E-state index contributed by atoms with van der Waals surface area (Å²) < 4.78 is 5.45. The molecule has 0 heterocycles. The summed E-state index contributed by atoms with van der Waals surface area (Å²) in [5.41, 5.74) is 2.68. The van der Waals surface area contributed by atoms with Gasteiger partial charge in [-0.05, 0) is 55.2 Å². The van der Waals surface area contributed by atoms with Crippen LogP contribution < -0.4 is 15.4 Å². The zero-order chi connectivity index (χ0) is 18.5. The first-order valence-electron chi connectivity index (χ1n) is 8.57. The van der Waals surface area contributed by atoms with E-state index < -0.39 is 0 Å². The highest BCUT2D eigenvalue weighted by Crippen LogP contribution is 2.30. The van der Waals surface area contributed by atoms with E-state index in [1.807, 2.05) is 37.3 Å². The van der Waals surface area contributed by atoms with Gasteiger partial charge in [0.2, 0.25) is 5.91 Å². The van der Waals surface area contributed by atoms with Gasteiger partial charge in [0.25, 0.3) is 5.91 Å². The second-order valence-corrected chi connectivity index (χ2v) is 6.87. The summed E-state index contributed by atoms with van der Waals surface area (Å²) in [4.78, 5) is 23.8. The molecular formula is C20H21ClN2O3. The van der Waals surface area contributed by atoms with E-state index in [0.717, 1.165) is 29.7 Å². The Morgan fingerprint density at radius 2 is 2.00 bits per heavy atom. The number of ether oxygens (including phenoxy) is 1. The first-order valence-corrected chi connectivity index (χ1v) is 8.94. The lowest BCUT2D eigenvalue weighted by Crippen LogP contribution is -2.28. The van der Waals surface area contributed by atoms with Crippen LogP contribution in [-0.2, 0) is 16.1 Å². The van der Waals surface area contributed by atoms with Gasteiger partial charge in [0.05, 0.1) is 5.02 Å². The van der Waals surface area contributed by atoms with E-state index in [2.05, 4.69) is 10.6 Å². The molecule has 5 nitrogen and oxygen atoms in total. The molecule has 0 spiro atoms. The second kappa shape index (κ2) is 8.23. The van der Waals surface area contributed by atoms with Gasteiger partial charge < -0.3 is 15.4 Å². The van der Waals surface area contributed by atoms with Gasteiger partial charge in [-0.15, -0.1) is 0 Å². The van der Waals surface area contributed by atoms with Crippen LogP contribution in [-0.4, -0.2) is 18.4 Å². The van der Waals surface area contributed by atoms with Crippen LogP contribution in [0.5, 0.6) is 5.75 Å². The molecule has 0 aliphatic heterocycles. The largest absolute Gasteiger partial charge is 0.482 e. The quantitative estimate of drug-likeness (QED) is 0.778. The molecule has 2 aromatic rings. The summed E-state index contributed by atoms with van der Waals surface area (Å²) in [6.45, 7) is 2.18. The van der Waals surface area contributed by atoms with Crippen molar-refractivity contribution in [1.82, 2.24) is 5.32 Å². The number of aryl methyl sites for hydroxylation is 1. The molecule has 1 fully saturated rings. The van der Waals surface area contributed by atoms with E-state index in [4.69, 9.17) is 16.3 Å². The molecule has 0 aromatic heterocycles. The summed E-state index contributed by atoms with van der Waals surface area (Å²) in [6, 6.07) is 12.9. The van der Waals surface area contributed by atoms with Gasteiger partial charge >= 0.3 is 0 Å². The number of rotatable bonds is 7. The van der Waals surface area contributed by atoms with Gasteiger partial charge in [0.1, 0.15) is 5.75 Å². The van der Waals surface area contributed by atoms with Crippen LogP contribution in [0.25, 0.3) is 0 Å². The van der Waals surface area contributed by atoms with Crippen LogP contribution in [0.15, 0.2) is 42.5 Å². The fourth-order valence-corrected chi connectivity index (χ4v) is 2.76. The topological polar surface area (TPSA) is 67.4 Å². The van der Waals surface area contributed by atoms with Gasteiger partial charge in [-0.3, -0.25) is 9.59 Å².